The predicted octanol–water partition coefficient (Wildman–Crippen LogP) is 11.0. The third-order valence-electron chi connectivity index (χ3n) is 9.57. The Balaban J connectivity index is 1.57. The molecule has 230 valence electrons. The first-order valence-electron chi connectivity index (χ1n) is 16.5. The summed E-state index contributed by atoms with van der Waals surface area (Å²) in [5, 5.41) is 12.9. The van der Waals surface area contributed by atoms with Gasteiger partial charge in [-0.1, -0.05) is 125 Å². The van der Waals surface area contributed by atoms with Crippen LogP contribution in [0.3, 0.4) is 0 Å². The molecule has 1 aromatic heterocycles. The zero-order chi connectivity index (χ0) is 32.8. The van der Waals surface area contributed by atoms with Gasteiger partial charge in [-0.2, -0.15) is 9.83 Å². The fourth-order valence-electron chi connectivity index (χ4n) is 7.14. The highest BCUT2D eigenvalue weighted by Gasteiger charge is 2.34. The van der Waals surface area contributed by atoms with Gasteiger partial charge in [-0.25, -0.2) is 4.57 Å². The molecule has 0 radical (unpaired) electrons. The number of hydrogen-bond acceptors (Lipinski definition) is 1. The number of nitrogens with zero attached hydrogens (tertiary/aromatic N) is 3. The molecular formula is C44H40N3+. The second kappa shape index (κ2) is 12.0. The van der Waals surface area contributed by atoms with Crippen LogP contribution in [-0.2, 0) is 7.05 Å². The lowest BCUT2D eigenvalue weighted by molar-refractivity contribution is -0.633. The maximum atomic E-state index is 10.5. The number of imidazole rings is 1. The molecule has 0 aliphatic carbocycles. The van der Waals surface area contributed by atoms with Crippen LogP contribution >= 0.6 is 0 Å². The predicted molar refractivity (Wildman–Crippen MR) is 196 cm³/mol. The quantitative estimate of drug-likeness (QED) is 0.172. The van der Waals surface area contributed by atoms with E-state index in [4.69, 9.17) is 0 Å². The Morgan fingerprint density at radius 3 is 1.87 bits per heavy atom. The summed E-state index contributed by atoms with van der Waals surface area (Å²) in [6.07, 6.45) is 0. The average molecular weight is 611 g/mol. The van der Waals surface area contributed by atoms with Crippen LogP contribution < -0.4 is 4.57 Å². The highest BCUT2D eigenvalue weighted by atomic mass is 15.2. The van der Waals surface area contributed by atoms with Crippen LogP contribution in [0.1, 0.15) is 61.8 Å². The summed E-state index contributed by atoms with van der Waals surface area (Å²) in [7, 11) is 2.14. The van der Waals surface area contributed by atoms with Crippen molar-refractivity contribution in [3.05, 3.63) is 144 Å². The number of rotatable bonds is 6. The van der Waals surface area contributed by atoms with E-state index in [1.807, 2.05) is 12.1 Å². The van der Waals surface area contributed by atoms with Crippen molar-refractivity contribution in [2.75, 3.05) is 0 Å². The van der Waals surface area contributed by atoms with Crippen molar-refractivity contribution < 1.29 is 4.57 Å². The van der Waals surface area contributed by atoms with Crippen LogP contribution in [0.15, 0.2) is 121 Å². The fraction of sp³-hybridized carbons (Fsp3) is 0.182. The van der Waals surface area contributed by atoms with Gasteiger partial charge in [-0.05, 0) is 81.6 Å². The van der Waals surface area contributed by atoms with Crippen molar-refractivity contribution in [2.24, 2.45) is 7.05 Å². The molecule has 6 aromatic carbocycles. The Morgan fingerprint density at radius 1 is 0.638 bits per heavy atom. The third-order valence-corrected chi connectivity index (χ3v) is 9.57. The van der Waals surface area contributed by atoms with Crippen LogP contribution in [0.2, 0.25) is 0 Å². The van der Waals surface area contributed by atoms with Gasteiger partial charge in [-0.3, -0.25) is 0 Å². The third kappa shape index (κ3) is 5.11. The first kappa shape index (κ1) is 30.2. The molecule has 0 bridgehead atoms. The molecule has 0 aliphatic heterocycles. The van der Waals surface area contributed by atoms with Crippen molar-refractivity contribution in [1.82, 2.24) is 4.57 Å². The topological polar surface area (TPSA) is 32.6 Å². The minimum absolute atomic E-state index is 0.240. The van der Waals surface area contributed by atoms with Crippen LogP contribution in [-0.4, -0.2) is 4.57 Å². The minimum Gasteiger partial charge on any atom is -0.225 e. The molecule has 0 spiro atoms. The molecule has 7 aromatic rings. The maximum absolute atomic E-state index is 10.5. The van der Waals surface area contributed by atoms with Gasteiger partial charge in [0, 0.05) is 11.1 Å². The van der Waals surface area contributed by atoms with Crippen molar-refractivity contribution >= 4 is 21.8 Å². The summed E-state index contributed by atoms with van der Waals surface area (Å²) in [6.45, 7) is 11.3. The number of hydrogen-bond donors (Lipinski definition) is 0. The van der Waals surface area contributed by atoms with Gasteiger partial charge in [-0.15, -0.1) is 0 Å². The van der Waals surface area contributed by atoms with Crippen LogP contribution in [0.25, 0.3) is 61.1 Å². The Morgan fingerprint density at radius 2 is 1.23 bits per heavy atom. The molecule has 0 unspecified atom stereocenters. The second-order valence-corrected chi connectivity index (χ2v) is 13.2. The van der Waals surface area contributed by atoms with Crippen molar-refractivity contribution in [2.45, 2.75) is 46.5 Å². The zero-order valence-corrected chi connectivity index (χ0v) is 28.0. The van der Waals surface area contributed by atoms with E-state index in [0.717, 1.165) is 16.9 Å². The van der Waals surface area contributed by atoms with Crippen molar-refractivity contribution in [1.29, 1.82) is 5.26 Å². The highest BCUT2D eigenvalue weighted by Crippen LogP contribution is 2.42. The monoisotopic (exact) mass is 610 g/mol. The lowest BCUT2D eigenvalue weighted by Gasteiger charge is -2.21. The second-order valence-electron chi connectivity index (χ2n) is 13.2. The first-order chi connectivity index (χ1) is 22.8. The molecule has 1 heterocycles. The molecule has 0 aliphatic rings. The molecule has 0 amide bonds. The number of aromatic nitrogens is 2. The normalized spacial score (nSPS) is 11.6. The number of para-hydroxylation sites is 1. The maximum Gasteiger partial charge on any atom is 0.295 e. The summed E-state index contributed by atoms with van der Waals surface area (Å²) in [5.74, 6) is 1.56. The molecule has 0 saturated heterocycles. The smallest absolute Gasteiger partial charge is 0.225 e. The van der Waals surface area contributed by atoms with Gasteiger partial charge < -0.3 is 0 Å². The van der Waals surface area contributed by atoms with E-state index >= 15 is 0 Å². The molecule has 0 atom stereocenters. The largest absolute Gasteiger partial charge is 0.295 e. The molecule has 0 N–H and O–H groups in total. The number of benzene rings is 6. The van der Waals surface area contributed by atoms with Crippen molar-refractivity contribution in [3.63, 3.8) is 0 Å². The summed E-state index contributed by atoms with van der Waals surface area (Å²) in [6, 6.07) is 45.9. The van der Waals surface area contributed by atoms with Gasteiger partial charge in [0.25, 0.3) is 5.82 Å². The summed E-state index contributed by atoms with van der Waals surface area (Å²) in [4.78, 5) is 0. The zero-order valence-electron chi connectivity index (χ0n) is 28.0. The van der Waals surface area contributed by atoms with Gasteiger partial charge >= 0.3 is 0 Å². The minimum atomic E-state index is 0.240. The van der Waals surface area contributed by atoms with Gasteiger partial charge in [0.15, 0.2) is 11.0 Å². The lowest BCUT2D eigenvalue weighted by Crippen LogP contribution is -2.30. The highest BCUT2D eigenvalue weighted by molar-refractivity contribution is 5.98. The Labute approximate surface area is 278 Å². The first-order valence-corrected chi connectivity index (χ1v) is 16.5. The summed E-state index contributed by atoms with van der Waals surface area (Å²) >= 11 is 0. The van der Waals surface area contributed by atoms with E-state index in [0.29, 0.717) is 5.56 Å². The Kier molecular flexibility index (Phi) is 7.74. The van der Waals surface area contributed by atoms with Crippen molar-refractivity contribution in [3.8, 4) is 45.4 Å². The van der Waals surface area contributed by atoms with E-state index in [-0.39, 0.29) is 11.8 Å². The average Bonchev–Trinajstić information content (AvgIpc) is 3.39. The van der Waals surface area contributed by atoms with E-state index < -0.39 is 0 Å². The number of fused-ring (bicyclic) bond motifs is 2. The molecule has 47 heavy (non-hydrogen) atoms. The Hall–Kier alpha value is -5.46. The molecule has 3 heteroatoms. The molecule has 0 saturated carbocycles. The molecule has 0 fully saturated rings. The fourth-order valence-corrected chi connectivity index (χ4v) is 7.14. The van der Waals surface area contributed by atoms with E-state index in [2.05, 4.69) is 166 Å². The summed E-state index contributed by atoms with van der Waals surface area (Å²) in [5.41, 5.74) is 13.6. The standard InChI is InChI=1S/C44H40N3/c1-28(2)38-25-36(33-23-21-32(22-24-33)31-13-8-7-9-14-31)26-39(29(3)4)43(38)47-42-35(27-45)16-12-18-40(42)46(6)44(47)41-30(5)19-20-34-15-10-11-17-37(34)41/h7-26,28-29H,1-6H3/q+1. The number of aryl methyl sites for hydroxylation is 2. The van der Waals surface area contributed by atoms with Gasteiger partial charge in [0.1, 0.15) is 17.3 Å². The van der Waals surface area contributed by atoms with Crippen LogP contribution in [0, 0.1) is 18.3 Å². The number of nitriles is 1. The van der Waals surface area contributed by atoms with Crippen LogP contribution in [0.5, 0.6) is 0 Å². The SMILES string of the molecule is Cc1ccc2ccccc2c1-c1n(-c2c(C(C)C)cc(-c3ccc(-c4ccccc4)cc3)cc2C(C)C)c2c(C#N)cccc2[n+]1C. The Bertz CT molecular complexity index is 2290. The lowest BCUT2D eigenvalue weighted by atomic mass is 9.87. The molecule has 3 nitrogen and oxygen atoms in total. The van der Waals surface area contributed by atoms with E-state index in [1.165, 1.54) is 61.0 Å². The van der Waals surface area contributed by atoms with Gasteiger partial charge in [0.05, 0.1) is 12.6 Å². The van der Waals surface area contributed by atoms with Crippen LogP contribution in [0.4, 0.5) is 0 Å². The molecule has 7 rings (SSSR count). The van der Waals surface area contributed by atoms with E-state index in [1.54, 1.807) is 0 Å². The van der Waals surface area contributed by atoms with Gasteiger partial charge in [0.2, 0.25) is 0 Å². The molecular weight excluding hydrogens is 571 g/mol. The van der Waals surface area contributed by atoms with E-state index in [9.17, 15) is 5.26 Å². The summed E-state index contributed by atoms with van der Waals surface area (Å²) < 4.78 is 4.70.